The SMILES string of the molecule is CC(=O)N[C@@H](Cc1ccccc1)[C@H](O)C[NH2+][C@H]1CC(C)(C)Oc2sc(CC(C)(C)C)cc21. The third-order valence-electron chi connectivity index (χ3n) is 5.77. The predicted molar refractivity (Wildman–Crippen MR) is 130 cm³/mol. The number of amides is 1. The highest BCUT2D eigenvalue weighted by Crippen LogP contribution is 2.44. The van der Waals surface area contributed by atoms with Gasteiger partial charge in [0, 0.05) is 18.2 Å². The number of thiophene rings is 1. The molecule has 0 fully saturated rings. The second-order valence-corrected chi connectivity index (χ2v) is 12.0. The molecule has 6 heteroatoms. The van der Waals surface area contributed by atoms with Crippen molar-refractivity contribution >= 4 is 17.2 Å². The first-order valence-corrected chi connectivity index (χ1v) is 12.4. The summed E-state index contributed by atoms with van der Waals surface area (Å²) in [6.07, 6.45) is 1.85. The second kappa shape index (κ2) is 9.94. The van der Waals surface area contributed by atoms with E-state index < -0.39 is 6.10 Å². The Morgan fingerprint density at radius 3 is 2.62 bits per heavy atom. The third-order valence-corrected chi connectivity index (χ3v) is 6.80. The number of nitrogens with two attached hydrogens (primary N) is 1. The van der Waals surface area contributed by atoms with Gasteiger partial charge in [-0.25, -0.2) is 0 Å². The summed E-state index contributed by atoms with van der Waals surface area (Å²) in [5.74, 6) is -0.121. The molecule has 0 aliphatic carbocycles. The predicted octanol–water partition coefficient (Wildman–Crippen LogP) is 3.61. The first-order chi connectivity index (χ1) is 14.9. The Kier molecular flexibility index (Phi) is 7.69. The van der Waals surface area contributed by atoms with Crippen LogP contribution in [0.1, 0.15) is 70.0 Å². The van der Waals surface area contributed by atoms with Crippen LogP contribution < -0.4 is 15.4 Å². The van der Waals surface area contributed by atoms with Gasteiger partial charge in [0.25, 0.3) is 0 Å². The highest BCUT2D eigenvalue weighted by atomic mass is 32.1. The summed E-state index contributed by atoms with van der Waals surface area (Å²) in [5, 5.41) is 17.2. The van der Waals surface area contributed by atoms with Gasteiger partial charge in [0.1, 0.15) is 24.3 Å². The van der Waals surface area contributed by atoms with Gasteiger partial charge in [-0.3, -0.25) is 4.79 Å². The summed E-state index contributed by atoms with van der Waals surface area (Å²) in [5.41, 5.74) is 2.31. The van der Waals surface area contributed by atoms with Gasteiger partial charge in [0.15, 0.2) is 5.06 Å². The Labute approximate surface area is 196 Å². The summed E-state index contributed by atoms with van der Waals surface area (Å²) in [7, 11) is 0. The lowest BCUT2D eigenvalue weighted by Crippen LogP contribution is -2.89. The zero-order valence-corrected chi connectivity index (χ0v) is 21.1. The molecule has 32 heavy (non-hydrogen) atoms. The zero-order chi connectivity index (χ0) is 23.5. The quantitative estimate of drug-likeness (QED) is 0.565. The van der Waals surface area contributed by atoms with Crippen LogP contribution in [0.2, 0.25) is 0 Å². The van der Waals surface area contributed by atoms with E-state index in [1.54, 1.807) is 11.3 Å². The molecule has 2 heterocycles. The van der Waals surface area contributed by atoms with E-state index in [1.165, 1.54) is 17.4 Å². The molecule has 1 amide bonds. The number of nitrogens with one attached hydrogen (secondary N) is 1. The highest BCUT2D eigenvalue weighted by Gasteiger charge is 2.38. The first-order valence-electron chi connectivity index (χ1n) is 11.6. The Morgan fingerprint density at radius 1 is 1.31 bits per heavy atom. The Morgan fingerprint density at radius 2 is 2.00 bits per heavy atom. The first kappa shape index (κ1) is 24.7. The molecule has 4 N–H and O–H groups in total. The number of carbonyl (C=O) groups excluding carboxylic acids is 1. The van der Waals surface area contributed by atoms with Gasteiger partial charge >= 0.3 is 0 Å². The molecular formula is C26H39N2O3S+. The van der Waals surface area contributed by atoms with Crippen molar-refractivity contribution in [2.75, 3.05) is 6.54 Å². The molecule has 0 bridgehead atoms. The second-order valence-electron chi connectivity index (χ2n) is 10.9. The van der Waals surface area contributed by atoms with Crippen molar-refractivity contribution in [1.29, 1.82) is 0 Å². The molecule has 1 aromatic heterocycles. The maximum atomic E-state index is 11.8. The summed E-state index contributed by atoms with van der Waals surface area (Å²) in [4.78, 5) is 13.1. The number of aliphatic hydroxyl groups excluding tert-OH is 1. The molecule has 1 aliphatic rings. The maximum Gasteiger partial charge on any atom is 0.217 e. The number of quaternary nitrogens is 1. The van der Waals surface area contributed by atoms with Crippen molar-refractivity contribution in [3.63, 3.8) is 0 Å². The van der Waals surface area contributed by atoms with Gasteiger partial charge < -0.3 is 20.5 Å². The van der Waals surface area contributed by atoms with Crippen molar-refractivity contribution < 1.29 is 20.0 Å². The lowest BCUT2D eigenvalue weighted by Gasteiger charge is -2.35. The fraction of sp³-hybridized carbons (Fsp3) is 0.577. The van der Waals surface area contributed by atoms with Crippen molar-refractivity contribution in [3.8, 4) is 5.06 Å². The van der Waals surface area contributed by atoms with Crippen molar-refractivity contribution in [2.45, 2.75) is 84.6 Å². The molecule has 3 rings (SSSR count). The van der Waals surface area contributed by atoms with E-state index in [2.05, 4.69) is 51.3 Å². The van der Waals surface area contributed by atoms with Gasteiger partial charge in [-0.1, -0.05) is 51.1 Å². The van der Waals surface area contributed by atoms with Crippen molar-refractivity contribution in [2.24, 2.45) is 5.41 Å². The van der Waals surface area contributed by atoms with Crippen LogP contribution in [0.15, 0.2) is 36.4 Å². The third kappa shape index (κ3) is 7.06. The van der Waals surface area contributed by atoms with Crippen molar-refractivity contribution in [1.82, 2.24) is 5.32 Å². The van der Waals surface area contributed by atoms with Gasteiger partial charge in [-0.05, 0) is 43.7 Å². The number of benzene rings is 1. The van der Waals surface area contributed by atoms with Crippen LogP contribution in [0.4, 0.5) is 0 Å². The van der Waals surface area contributed by atoms with Gasteiger partial charge in [0.2, 0.25) is 5.91 Å². The normalized spacial score (nSPS) is 19.5. The minimum Gasteiger partial charge on any atom is -0.477 e. The molecule has 0 spiro atoms. The number of aliphatic hydroxyl groups is 1. The van der Waals surface area contributed by atoms with Gasteiger partial charge in [0.05, 0.1) is 11.6 Å². The topological polar surface area (TPSA) is 75.2 Å². The van der Waals surface area contributed by atoms with Crippen LogP contribution in [-0.2, 0) is 17.6 Å². The maximum absolute atomic E-state index is 11.8. The van der Waals surface area contributed by atoms with E-state index in [4.69, 9.17) is 4.74 Å². The fourth-order valence-electron chi connectivity index (χ4n) is 4.41. The average molecular weight is 460 g/mol. The van der Waals surface area contributed by atoms with E-state index in [9.17, 15) is 9.90 Å². The number of ether oxygens (including phenoxy) is 1. The lowest BCUT2D eigenvalue weighted by molar-refractivity contribution is -0.704. The molecule has 0 saturated carbocycles. The fourth-order valence-corrected chi connectivity index (χ4v) is 5.94. The Bertz CT molecular complexity index is 902. The largest absolute Gasteiger partial charge is 0.477 e. The molecule has 0 unspecified atom stereocenters. The van der Waals surface area contributed by atoms with Crippen LogP contribution in [0.25, 0.3) is 0 Å². The number of fused-ring (bicyclic) bond motifs is 1. The molecule has 5 nitrogen and oxygen atoms in total. The zero-order valence-electron chi connectivity index (χ0n) is 20.3. The monoisotopic (exact) mass is 459 g/mol. The van der Waals surface area contributed by atoms with Crippen LogP contribution in [-0.4, -0.2) is 35.3 Å². The molecule has 0 radical (unpaired) electrons. The van der Waals surface area contributed by atoms with E-state index in [1.807, 2.05) is 30.3 Å². The summed E-state index contributed by atoms with van der Waals surface area (Å²) in [6, 6.07) is 12.2. The van der Waals surface area contributed by atoms with Gasteiger partial charge in [-0.2, -0.15) is 0 Å². The minimum atomic E-state index is -0.652. The molecule has 176 valence electrons. The molecule has 0 saturated heterocycles. The van der Waals surface area contributed by atoms with Crippen LogP contribution in [0, 0.1) is 5.41 Å². The van der Waals surface area contributed by atoms with E-state index in [0.29, 0.717) is 13.0 Å². The summed E-state index contributed by atoms with van der Waals surface area (Å²) in [6.45, 7) is 13.0. The summed E-state index contributed by atoms with van der Waals surface area (Å²) >= 11 is 1.76. The van der Waals surface area contributed by atoms with E-state index in [0.717, 1.165) is 23.5 Å². The van der Waals surface area contributed by atoms with E-state index >= 15 is 0 Å². The van der Waals surface area contributed by atoms with E-state index in [-0.39, 0.29) is 29.0 Å². The van der Waals surface area contributed by atoms with Crippen LogP contribution in [0.5, 0.6) is 5.06 Å². The Balaban J connectivity index is 1.72. The van der Waals surface area contributed by atoms with Gasteiger partial charge in [-0.15, -0.1) is 11.3 Å². The van der Waals surface area contributed by atoms with Crippen LogP contribution >= 0.6 is 11.3 Å². The number of rotatable bonds is 8. The molecule has 1 aromatic carbocycles. The van der Waals surface area contributed by atoms with Crippen LogP contribution in [0.3, 0.4) is 0 Å². The minimum absolute atomic E-state index is 0.121. The standard InChI is InChI=1S/C26H38N2O3S/c1-17(29)28-21(12-18-10-8-7-9-11-18)23(30)16-27-22-15-26(5,6)31-24-20(22)13-19(32-24)14-25(2,3)4/h7-11,13,21-23,27,30H,12,14-16H2,1-6H3,(H,28,29)/p+1/t21-,22-,23+/m0/s1. The smallest absolute Gasteiger partial charge is 0.217 e. The molecular weight excluding hydrogens is 420 g/mol. The number of carbonyl (C=O) groups is 1. The summed E-state index contributed by atoms with van der Waals surface area (Å²) < 4.78 is 6.31. The number of hydrogen-bond acceptors (Lipinski definition) is 4. The Hall–Kier alpha value is -1.89. The number of hydrogen-bond donors (Lipinski definition) is 3. The average Bonchev–Trinajstić information content (AvgIpc) is 3.04. The molecule has 3 atom stereocenters. The lowest BCUT2D eigenvalue weighted by atomic mass is 9.89. The molecule has 2 aromatic rings. The molecule has 1 aliphatic heterocycles. The highest BCUT2D eigenvalue weighted by molar-refractivity contribution is 7.14. The van der Waals surface area contributed by atoms with Crippen molar-refractivity contribution in [3.05, 3.63) is 52.4 Å².